The lowest BCUT2D eigenvalue weighted by molar-refractivity contribution is -0.0524. The fraction of sp³-hybridized carbons (Fsp3) is 0.556. The Hall–Kier alpha value is -1.96. The van der Waals surface area contributed by atoms with Crippen molar-refractivity contribution in [1.29, 1.82) is 0 Å². The molecule has 1 atom stereocenters. The van der Waals surface area contributed by atoms with Crippen LogP contribution in [0.3, 0.4) is 0 Å². The molecule has 2 fully saturated rings. The third-order valence-corrected chi connectivity index (χ3v) is 5.02. The normalized spacial score (nSPS) is 25.4. The predicted molar refractivity (Wildman–Crippen MR) is 92.5 cm³/mol. The summed E-state index contributed by atoms with van der Waals surface area (Å²) in [6.07, 6.45) is 5.76. The first-order valence-electron chi connectivity index (χ1n) is 8.89. The van der Waals surface area contributed by atoms with Crippen molar-refractivity contribution >= 4 is 11.4 Å². The Morgan fingerprint density at radius 3 is 2.96 bits per heavy atom. The number of carbonyl (C=O) groups excluding carboxylic acids is 1. The molecule has 134 valence electrons. The molecule has 0 radical (unpaired) electrons. The van der Waals surface area contributed by atoms with Gasteiger partial charge < -0.3 is 19.6 Å². The summed E-state index contributed by atoms with van der Waals surface area (Å²) in [5, 5.41) is 15.3. The Kier molecular flexibility index (Phi) is 4.45. The molecule has 0 aliphatic carbocycles. The maximum atomic E-state index is 13.0. The molecule has 4 rings (SSSR count). The highest BCUT2D eigenvalue weighted by molar-refractivity contribution is 6.00. The summed E-state index contributed by atoms with van der Waals surface area (Å²) >= 11 is 0. The van der Waals surface area contributed by atoms with Gasteiger partial charge in [-0.05, 0) is 38.1 Å². The first-order valence-corrected chi connectivity index (χ1v) is 8.89. The molecule has 0 saturated carbocycles. The molecule has 0 bridgehead atoms. The number of aliphatic hydroxyl groups is 1. The van der Waals surface area contributed by atoms with Crippen molar-refractivity contribution in [2.24, 2.45) is 0 Å². The summed E-state index contributed by atoms with van der Waals surface area (Å²) in [4.78, 5) is 17.0. The van der Waals surface area contributed by atoms with E-state index in [1.807, 2.05) is 24.4 Å². The van der Waals surface area contributed by atoms with Gasteiger partial charge in [-0.2, -0.15) is 5.10 Å². The van der Waals surface area contributed by atoms with Gasteiger partial charge in [-0.1, -0.05) is 6.07 Å². The highest BCUT2D eigenvalue weighted by Crippen LogP contribution is 2.20. The molecule has 2 aromatic heterocycles. The Labute approximate surface area is 146 Å². The van der Waals surface area contributed by atoms with E-state index in [2.05, 4.69) is 10.00 Å². The quantitative estimate of drug-likeness (QED) is 0.885. The zero-order valence-electron chi connectivity index (χ0n) is 14.3. The molecule has 2 saturated heterocycles. The molecule has 2 aliphatic heterocycles. The maximum absolute atomic E-state index is 13.0. The summed E-state index contributed by atoms with van der Waals surface area (Å²) in [5.74, 6) is -0.105. The number of fused-ring (bicyclic) bond motifs is 1. The summed E-state index contributed by atoms with van der Waals surface area (Å²) < 4.78 is 7.31. The minimum Gasteiger partial charge on any atom is -0.384 e. The number of amides is 1. The molecule has 7 heteroatoms. The number of hydrogen-bond acceptors (Lipinski definition) is 5. The van der Waals surface area contributed by atoms with Crippen LogP contribution in [0.2, 0.25) is 0 Å². The van der Waals surface area contributed by atoms with Gasteiger partial charge in [0, 0.05) is 19.3 Å². The van der Waals surface area contributed by atoms with E-state index in [1.54, 1.807) is 15.6 Å². The van der Waals surface area contributed by atoms with E-state index in [0.29, 0.717) is 25.3 Å². The Morgan fingerprint density at radius 1 is 1.28 bits per heavy atom. The van der Waals surface area contributed by atoms with E-state index in [9.17, 15) is 9.90 Å². The van der Waals surface area contributed by atoms with Crippen molar-refractivity contribution in [1.82, 2.24) is 19.4 Å². The number of carbonyl (C=O) groups is 1. The van der Waals surface area contributed by atoms with Crippen molar-refractivity contribution in [2.45, 2.75) is 18.4 Å². The standard InChI is InChI=1S/C18H24N4O3/c23-17(15-11-19-22-8-2-1-5-16(15)22)21-9-10-25-14-18(24,13-21)12-20-6-3-4-7-20/h1-2,5,8,11,24H,3-4,6-7,9-10,12-14H2. The van der Waals surface area contributed by atoms with Crippen LogP contribution in [0.25, 0.3) is 5.52 Å². The number of β-amino-alcohol motifs (C(OH)–C–C–N with tert-alkyl or cyclic N) is 1. The second kappa shape index (κ2) is 6.74. The SMILES string of the molecule is O=C(c1cnn2ccccc12)N1CCOCC(O)(CN2CCCC2)C1. The number of hydrogen-bond donors (Lipinski definition) is 1. The molecule has 1 unspecified atom stereocenters. The second-order valence-corrected chi connectivity index (χ2v) is 7.08. The van der Waals surface area contributed by atoms with Crippen LogP contribution in [-0.4, -0.2) is 82.0 Å². The lowest BCUT2D eigenvalue weighted by atomic mass is 10.0. The number of nitrogens with zero attached hydrogens (tertiary/aromatic N) is 4. The third kappa shape index (κ3) is 3.40. The molecule has 7 nitrogen and oxygen atoms in total. The Bertz CT molecular complexity index is 756. The fourth-order valence-electron chi connectivity index (χ4n) is 3.81. The van der Waals surface area contributed by atoms with E-state index >= 15 is 0 Å². The van der Waals surface area contributed by atoms with E-state index in [0.717, 1.165) is 18.6 Å². The molecule has 25 heavy (non-hydrogen) atoms. The molecule has 0 spiro atoms. The smallest absolute Gasteiger partial charge is 0.257 e. The van der Waals surface area contributed by atoms with Gasteiger partial charge >= 0.3 is 0 Å². The van der Waals surface area contributed by atoms with Crippen LogP contribution < -0.4 is 0 Å². The molecule has 0 aromatic carbocycles. The minimum absolute atomic E-state index is 0.105. The van der Waals surface area contributed by atoms with Gasteiger partial charge in [-0.3, -0.25) is 4.79 Å². The summed E-state index contributed by atoms with van der Waals surface area (Å²) in [6.45, 7) is 4.02. The lowest BCUT2D eigenvalue weighted by Gasteiger charge is -2.33. The van der Waals surface area contributed by atoms with Crippen LogP contribution >= 0.6 is 0 Å². The average molecular weight is 344 g/mol. The molecule has 1 amide bonds. The van der Waals surface area contributed by atoms with Crippen LogP contribution in [-0.2, 0) is 4.74 Å². The molecule has 1 N–H and O–H groups in total. The largest absolute Gasteiger partial charge is 0.384 e. The lowest BCUT2D eigenvalue weighted by Crippen LogP contribution is -2.53. The van der Waals surface area contributed by atoms with Crippen LogP contribution in [0.1, 0.15) is 23.2 Å². The van der Waals surface area contributed by atoms with Gasteiger partial charge in [0.15, 0.2) is 0 Å². The zero-order chi connectivity index (χ0) is 17.3. The first-order chi connectivity index (χ1) is 12.1. The van der Waals surface area contributed by atoms with Crippen LogP contribution in [0.5, 0.6) is 0 Å². The summed E-state index contributed by atoms with van der Waals surface area (Å²) in [6, 6.07) is 5.65. The first kappa shape index (κ1) is 16.5. The summed E-state index contributed by atoms with van der Waals surface area (Å²) in [5.41, 5.74) is 0.311. The fourth-order valence-corrected chi connectivity index (χ4v) is 3.81. The van der Waals surface area contributed by atoms with E-state index in [-0.39, 0.29) is 19.1 Å². The molecule has 4 heterocycles. The Balaban J connectivity index is 1.54. The van der Waals surface area contributed by atoms with Crippen LogP contribution in [0.15, 0.2) is 30.6 Å². The predicted octanol–water partition coefficient (Wildman–Crippen LogP) is 0.634. The van der Waals surface area contributed by atoms with Crippen LogP contribution in [0.4, 0.5) is 0 Å². The monoisotopic (exact) mass is 344 g/mol. The molecule has 2 aromatic rings. The van der Waals surface area contributed by atoms with E-state index in [4.69, 9.17) is 4.74 Å². The summed E-state index contributed by atoms with van der Waals surface area (Å²) in [7, 11) is 0. The number of pyridine rings is 1. The van der Waals surface area contributed by atoms with Gasteiger partial charge in [0.1, 0.15) is 5.60 Å². The zero-order valence-corrected chi connectivity index (χ0v) is 14.3. The third-order valence-electron chi connectivity index (χ3n) is 5.02. The van der Waals surface area contributed by atoms with Crippen molar-refractivity contribution in [2.75, 3.05) is 45.9 Å². The van der Waals surface area contributed by atoms with Crippen molar-refractivity contribution in [3.63, 3.8) is 0 Å². The van der Waals surface area contributed by atoms with E-state index < -0.39 is 5.60 Å². The van der Waals surface area contributed by atoms with Crippen molar-refractivity contribution in [3.05, 3.63) is 36.2 Å². The number of ether oxygens (including phenoxy) is 1. The molecular weight excluding hydrogens is 320 g/mol. The maximum Gasteiger partial charge on any atom is 0.257 e. The average Bonchev–Trinajstić information content (AvgIpc) is 3.22. The minimum atomic E-state index is -1.03. The number of rotatable bonds is 3. The van der Waals surface area contributed by atoms with Gasteiger partial charge in [0.25, 0.3) is 5.91 Å². The van der Waals surface area contributed by atoms with E-state index in [1.165, 1.54) is 12.8 Å². The topological polar surface area (TPSA) is 70.3 Å². The van der Waals surface area contributed by atoms with Gasteiger partial charge in [-0.25, -0.2) is 4.52 Å². The van der Waals surface area contributed by atoms with Gasteiger partial charge in [0.05, 0.1) is 37.0 Å². The Morgan fingerprint density at radius 2 is 2.12 bits per heavy atom. The van der Waals surface area contributed by atoms with Gasteiger partial charge in [-0.15, -0.1) is 0 Å². The number of likely N-dealkylation sites (tertiary alicyclic amines) is 1. The number of aromatic nitrogens is 2. The van der Waals surface area contributed by atoms with Crippen molar-refractivity contribution < 1.29 is 14.6 Å². The molecule has 2 aliphatic rings. The highest BCUT2D eigenvalue weighted by Gasteiger charge is 2.37. The van der Waals surface area contributed by atoms with Gasteiger partial charge in [0.2, 0.25) is 0 Å². The second-order valence-electron chi connectivity index (χ2n) is 7.08. The molecular formula is C18H24N4O3. The van der Waals surface area contributed by atoms with Crippen LogP contribution in [0, 0.1) is 0 Å². The van der Waals surface area contributed by atoms with Crippen molar-refractivity contribution in [3.8, 4) is 0 Å². The highest BCUT2D eigenvalue weighted by atomic mass is 16.5.